The summed E-state index contributed by atoms with van der Waals surface area (Å²) in [4.78, 5) is 0. The van der Waals surface area contributed by atoms with Crippen LogP contribution in [0.25, 0.3) is 0 Å². The van der Waals surface area contributed by atoms with Crippen molar-refractivity contribution in [1.29, 1.82) is 0 Å². The minimum absolute atomic E-state index is 0.499. The van der Waals surface area contributed by atoms with Gasteiger partial charge >= 0.3 is 266 Å². The third-order valence-corrected chi connectivity index (χ3v) is 17.0. The van der Waals surface area contributed by atoms with Gasteiger partial charge in [0.25, 0.3) is 0 Å². The molecule has 0 nitrogen and oxygen atoms in total. The van der Waals surface area contributed by atoms with Crippen LogP contribution in [0, 0.1) is 83.1 Å². The van der Waals surface area contributed by atoms with Gasteiger partial charge < -0.3 is 0 Å². The molecule has 0 heterocycles. The number of aryl methyl sites for hydroxylation is 12. The molecule has 0 saturated carbocycles. The van der Waals surface area contributed by atoms with Crippen LogP contribution in [0.4, 0.5) is 0 Å². The summed E-state index contributed by atoms with van der Waals surface area (Å²) in [5.74, 6) is 0. The zero-order chi connectivity index (χ0) is 30.2. The van der Waals surface area contributed by atoms with Crippen molar-refractivity contribution >= 4 is 35.3 Å². The van der Waals surface area contributed by atoms with E-state index >= 15 is 0 Å². The van der Waals surface area contributed by atoms with Crippen molar-refractivity contribution in [3.63, 3.8) is 0 Å². The Morgan fingerprint density at radius 2 is 0.512 bits per heavy atom. The summed E-state index contributed by atoms with van der Waals surface area (Å²) in [6, 6.07) is 19.3. The van der Waals surface area contributed by atoms with Crippen LogP contribution in [-0.2, 0) is 24.6 Å². The van der Waals surface area contributed by atoms with Crippen molar-refractivity contribution in [3.05, 3.63) is 115 Å². The second-order valence-electron chi connectivity index (χ2n) is 13.3. The number of rotatable bonds is 8. The van der Waals surface area contributed by atoms with Gasteiger partial charge in [-0.2, -0.15) is 0 Å². The average Bonchev–Trinajstić information content (AvgIpc) is 2.81. The molecule has 0 unspecified atom stereocenters. The fraction of sp³-hybridized carbons (Fsp3) is 0.368. The van der Waals surface area contributed by atoms with Gasteiger partial charge in [-0.1, -0.05) is 0 Å². The molecule has 41 heavy (non-hydrogen) atoms. The van der Waals surface area contributed by atoms with E-state index in [0.29, 0.717) is 13.4 Å². The molecule has 0 spiro atoms. The van der Waals surface area contributed by atoms with Crippen molar-refractivity contribution in [1.82, 2.24) is 0 Å². The summed E-state index contributed by atoms with van der Waals surface area (Å²) in [7, 11) is 0. The summed E-state index contributed by atoms with van der Waals surface area (Å²) in [6.45, 7) is 28.7. The summed E-state index contributed by atoms with van der Waals surface area (Å²) >= 11 is -1.39. The van der Waals surface area contributed by atoms with Crippen molar-refractivity contribution < 1.29 is 24.6 Å². The fourth-order valence-electron chi connectivity index (χ4n) is 8.36. The standard InChI is InChI=1S/2C19H24B.Hg/c2*1-12-8-14(3)18(15(4)9-12)20(7)19-16(5)10-13(2)11-17(19)6;/h2*8-11H,7H2,1-6H3;. The third kappa shape index (κ3) is 6.96. The molecule has 0 fully saturated rings. The SMILES string of the molecule is Cc1cc(C)c(B([CH2][Hg][CH2]B(c2c(C)cc(C)cc2C)c2c(C)cc(C)cc2C)c2c(C)cc(C)cc2C)c(C)c1. The van der Waals surface area contributed by atoms with Gasteiger partial charge in [-0.3, -0.25) is 0 Å². The van der Waals surface area contributed by atoms with Crippen LogP contribution >= 0.6 is 0 Å². The molecule has 0 saturated heterocycles. The average molecular weight is 727 g/mol. The van der Waals surface area contributed by atoms with Crippen molar-refractivity contribution in [2.45, 2.75) is 90.7 Å². The van der Waals surface area contributed by atoms with Gasteiger partial charge in [0.05, 0.1) is 0 Å². The molecular weight excluding hydrogens is 679 g/mol. The van der Waals surface area contributed by atoms with Crippen molar-refractivity contribution in [2.75, 3.05) is 0 Å². The Morgan fingerprint density at radius 1 is 0.341 bits per heavy atom. The first-order valence-corrected chi connectivity index (χ1v) is 23.4. The predicted octanol–water partition coefficient (Wildman–Crippen LogP) is 7.30. The molecule has 0 aliphatic carbocycles. The van der Waals surface area contributed by atoms with Crippen LogP contribution in [0.3, 0.4) is 0 Å². The molecule has 0 atom stereocenters. The second kappa shape index (κ2) is 13.1. The number of benzene rings is 4. The monoisotopic (exact) mass is 728 g/mol. The van der Waals surface area contributed by atoms with Gasteiger partial charge in [0.15, 0.2) is 0 Å². The van der Waals surface area contributed by atoms with Gasteiger partial charge in [-0.25, -0.2) is 0 Å². The molecule has 4 aromatic carbocycles. The first kappa shape index (κ1) is 31.9. The molecule has 3 heteroatoms. The number of hydrogen-bond acceptors (Lipinski definition) is 0. The first-order chi connectivity index (χ1) is 19.3. The van der Waals surface area contributed by atoms with E-state index < -0.39 is 24.6 Å². The molecule has 0 N–H and O–H groups in total. The summed E-state index contributed by atoms with van der Waals surface area (Å²) < 4.78 is 2.75. The fourth-order valence-corrected chi connectivity index (χ4v) is 16.9. The first-order valence-electron chi connectivity index (χ1n) is 15.6. The van der Waals surface area contributed by atoms with E-state index in [2.05, 4.69) is 132 Å². The molecule has 0 aliphatic rings. The van der Waals surface area contributed by atoms with Gasteiger partial charge in [0, 0.05) is 0 Å². The molecule has 0 aliphatic heterocycles. The van der Waals surface area contributed by atoms with Crippen molar-refractivity contribution in [2.24, 2.45) is 0 Å². The summed E-state index contributed by atoms with van der Waals surface area (Å²) in [6.07, 6.45) is 0. The minimum atomic E-state index is -1.39. The normalized spacial score (nSPS) is 11.0. The molecule has 4 aromatic rings. The Balaban J connectivity index is 1.80. The summed E-state index contributed by atoms with van der Waals surface area (Å²) in [5, 5.41) is 0. The zero-order valence-electron chi connectivity index (χ0n) is 27.9. The van der Waals surface area contributed by atoms with E-state index in [4.69, 9.17) is 0 Å². The van der Waals surface area contributed by atoms with Gasteiger partial charge in [-0.15, -0.1) is 0 Å². The maximum absolute atomic E-state index is 2.41. The van der Waals surface area contributed by atoms with E-state index in [1.165, 1.54) is 74.4 Å². The van der Waals surface area contributed by atoms with Crippen molar-refractivity contribution in [3.8, 4) is 0 Å². The molecule has 4 rings (SSSR count). The van der Waals surface area contributed by atoms with Crippen LogP contribution in [0.1, 0.15) is 66.8 Å². The number of hydrogen-bond donors (Lipinski definition) is 0. The Labute approximate surface area is 264 Å². The van der Waals surface area contributed by atoms with Gasteiger partial charge in [-0.05, 0) is 0 Å². The Bertz CT molecular complexity index is 1270. The van der Waals surface area contributed by atoms with Crippen LogP contribution in [0.2, 0.25) is 7.66 Å². The molecule has 0 amide bonds. The van der Waals surface area contributed by atoms with Crippen LogP contribution in [0.15, 0.2) is 48.5 Å². The van der Waals surface area contributed by atoms with Gasteiger partial charge in [0.1, 0.15) is 0 Å². The Kier molecular flexibility index (Phi) is 10.2. The van der Waals surface area contributed by atoms with Gasteiger partial charge in [0.2, 0.25) is 0 Å². The maximum atomic E-state index is 2.41. The quantitative estimate of drug-likeness (QED) is 0.167. The van der Waals surface area contributed by atoms with E-state index in [9.17, 15) is 0 Å². The molecular formula is C38H48B2Hg. The topological polar surface area (TPSA) is 0 Å². The van der Waals surface area contributed by atoms with Crippen LogP contribution in [0.5, 0.6) is 0 Å². The second-order valence-corrected chi connectivity index (χ2v) is 20.5. The Hall–Kier alpha value is -2.06. The van der Waals surface area contributed by atoms with Crippen LogP contribution < -0.4 is 21.9 Å². The van der Waals surface area contributed by atoms with E-state index in [0.717, 1.165) is 0 Å². The van der Waals surface area contributed by atoms with E-state index in [1.807, 2.05) is 0 Å². The molecule has 208 valence electrons. The third-order valence-electron chi connectivity index (χ3n) is 9.33. The molecule has 0 aromatic heterocycles. The molecule has 0 radical (unpaired) electrons. The zero-order valence-corrected chi connectivity index (χ0v) is 33.4. The Morgan fingerprint density at radius 3 is 0.683 bits per heavy atom. The predicted molar refractivity (Wildman–Crippen MR) is 182 cm³/mol. The van der Waals surface area contributed by atoms with Crippen LogP contribution in [-0.4, -0.2) is 13.4 Å². The van der Waals surface area contributed by atoms with E-state index in [1.54, 1.807) is 21.9 Å². The molecule has 0 bridgehead atoms. The van der Waals surface area contributed by atoms with E-state index in [-0.39, 0.29) is 0 Å². The summed E-state index contributed by atoms with van der Waals surface area (Å²) in [5.41, 5.74) is 23.6.